The number of nitro groups is 1. The van der Waals surface area contributed by atoms with Crippen molar-refractivity contribution in [3.8, 4) is 12.1 Å². The Kier molecular flexibility index (Phi) is 2.02. The molecule has 0 amide bonds. The van der Waals surface area contributed by atoms with Gasteiger partial charge >= 0.3 is 6.04 Å². The largest absolute Gasteiger partial charge is 0.380 e. The van der Waals surface area contributed by atoms with Crippen molar-refractivity contribution in [1.82, 2.24) is 0 Å². The van der Waals surface area contributed by atoms with Gasteiger partial charge in [-0.3, -0.25) is 10.1 Å². The summed E-state index contributed by atoms with van der Waals surface area (Å²) < 4.78 is 0. The fourth-order valence-corrected chi connectivity index (χ4v) is 0.123. The molecule has 0 N–H and O–H groups in total. The van der Waals surface area contributed by atoms with Crippen molar-refractivity contribution in [2.45, 2.75) is 6.04 Å². The second-order valence-electron chi connectivity index (χ2n) is 0.946. The van der Waals surface area contributed by atoms with Gasteiger partial charge in [-0.25, -0.2) is 0 Å². The van der Waals surface area contributed by atoms with Gasteiger partial charge < -0.3 is 0 Å². The zero-order chi connectivity index (χ0) is 6.57. The molecule has 0 atom stereocenters. The predicted molar refractivity (Wildman–Crippen MR) is 22.0 cm³/mol. The molecule has 0 spiro atoms. The van der Waals surface area contributed by atoms with Crippen LogP contribution in [0.15, 0.2) is 0 Å². The molecule has 0 rings (SSSR count). The van der Waals surface area contributed by atoms with E-state index < -0.39 is 11.0 Å². The van der Waals surface area contributed by atoms with Gasteiger partial charge in [0.2, 0.25) is 0 Å². The standard InChI is InChI=1S/C3HN3O2/c4-1-3(2-5)6(7)8/h3H. The fourth-order valence-electron chi connectivity index (χ4n) is 0.123. The first-order chi connectivity index (χ1) is 3.72. The topological polar surface area (TPSA) is 90.7 Å². The Morgan fingerprint density at radius 3 is 1.88 bits per heavy atom. The number of nitrogens with zero attached hydrogens (tertiary/aromatic N) is 3. The molecule has 8 heavy (non-hydrogen) atoms. The van der Waals surface area contributed by atoms with Crippen LogP contribution < -0.4 is 0 Å². The summed E-state index contributed by atoms with van der Waals surface area (Å²) in [5.74, 6) is 0. The van der Waals surface area contributed by atoms with Crippen LogP contribution in [0.5, 0.6) is 0 Å². The first kappa shape index (κ1) is 6.38. The Bertz CT molecular complexity index is 160. The Labute approximate surface area is 44.9 Å². The Hall–Kier alpha value is -1.62. The molecule has 0 aromatic carbocycles. The molecule has 0 aromatic heterocycles. The minimum Gasteiger partial charge on any atom is -0.262 e. The molecular formula is C3HN3O2. The van der Waals surface area contributed by atoms with Crippen LogP contribution in [-0.2, 0) is 0 Å². The summed E-state index contributed by atoms with van der Waals surface area (Å²) in [7, 11) is 0. The van der Waals surface area contributed by atoms with Crippen molar-refractivity contribution in [1.29, 1.82) is 10.5 Å². The van der Waals surface area contributed by atoms with E-state index in [0.29, 0.717) is 0 Å². The molecule has 0 aliphatic carbocycles. The van der Waals surface area contributed by atoms with Gasteiger partial charge in [-0.15, -0.1) is 0 Å². The van der Waals surface area contributed by atoms with Gasteiger partial charge in [0.15, 0.2) is 12.1 Å². The summed E-state index contributed by atoms with van der Waals surface area (Å²) in [5, 5.41) is 25.1. The van der Waals surface area contributed by atoms with Crippen molar-refractivity contribution in [3.05, 3.63) is 10.1 Å². The van der Waals surface area contributed by atoms with Crippen LogP contribution in [-0.4, -0.2) is 11.0 Å². The van der Waals surface area contributed by atoms with E-state index in [1.807, 2.05) is 0 Å². The molecule has 0 aromatic rings. The molecule has 0 bridgehead atoms. The summed E-state index contributed by atoms with van der Waals surface area (Å²) in [4.78, 5) is 8.58. The zero-order valence-electron chi connectivity index (χ0n) is 3.74. The lowest BCUT2D eigenvalue weighted by Crippen LogP contribution is -2.13. The minimum absolute atomic E-state index is 0.944. The molecule has 0 aliphatic heterocycles. The van der Waals surface area contributed by atoms with Crippen LogP contribution in [0.2, 0.25) is 0 Å². The van der Waals surface area contributed by atoms with Gasteiger partial charge in [0.1, 0.15) is 0 Å². The molecule has 0 fully saturated rings. The average molecular weight is 111 g/mol. The highest BCUT2D eigenvalue weighted by molar-refractivity contribution is 4.99. The third-order valence-electron chi connectivity index (χ3n) is 0.455. The van der Waals surface area contributed by atoms with E-state index in [1.165, 1.54) is 12.1 Å². The molecule has 0 unspecified atom stereocenters. The smallest absolute Gasteiger partial charge is 0.262 e. The third-order valence-corrected chi connectivity index (χ3v) is 0.455. The van der Waals surface area contributed by atoms with Crippen LogP contribution in [0.4, 0.5) is 0 Å². The van der Waals surface area contributed by atoms with Crippen LogP contribution >= 0.6 is 0 Å². The van der Waals surface area contributed by atoms with E-state index in [2.05, 4.69) is 0 Å². The SMILES string of the molecule is N#CC(C#N)[N+](=O)[O-]. The molecule has 5 heteroatoms. The highest BCUT2D eigenvalue weighted by Crippen LogP contribution is 1.81. The molecule has 5 nitrogen and oxygen atoms in total. The van der Waals surface area contributed by atoms with Crippen LogP contribution in [0, 0.1) is 32.8 Å². The lowest BCUT2D eigenvalue weighted by atomic mass is 10.4. The van der Waals surface area contributed by atoms with Crippen LogP contribution in [0.25, 0.3) is 0 Å². The summed E-state index contributed by atoms with van der Waals surface area (Å²) in [6, 6.07) is 0.669. The Balaban J connectivity index is 4.02. The summed E-state index contributed by atoms with van der Waals surface area (Å²) in [6.07, 6.45) is 0. The number of hydrogen-bond donors (Lipinski definition) is 0. The molecule has 0 radical (unpaired) electrons. The monoisotopic (exact) mass is 111 g/mol. The minimum atomic E-state index is -1.71. The lowest BCUT2D eigenvalue weighted by Gasteiger charge is -1.83. The van der Waals surface area contributed by atoms with Crippen LogP contribution in [0.1, 0.15) is 0 Å². The van der Waals surface area contributed by atoms with Crippen molar-refractivity contribution in [3.63, 3.8) is 0 Å². The fraction of sp³-hybridized carbons (Fsp3) is 0.333. The molecule has 0 saturated carbocycles. The molecular weight excluding hydrogens is 110 g/mol. The van der Waals surface area contributed by atoms with Crippen molar-refractivity contribution >= 4 is 0 Å². The Morgan fingerprint density at radius 1 is 1.50 bits per heavy atom. The normalized spacial score (nSPS) is 7.38. The van der Waals surface area contributed by atoms with Gasteiger partial charge in [0.25, 0.3) is 0 Å². The number of rotatable bonds is 1. The maximum atomic E-state index is 9.52. The summed E-state index contributed by atoms with van der Waals surface area (Å²) >= 11 is 0. The van der Waals surface area contributed by atoms with E-state index >= 15 is 0 Å². The molecule has 0 saturated heterocycles. The summed E-state index contributed by atoms with van der Waals surface area (Å²) in [5.41, 5.74) is 0. The average Bonchev–Trinajstić information content (AvgIpc) is 1.69. The maximum absolute atomic E-state index is 9.52. The number of hydrogen-bond acceptors (Lipinski definition) is 4. The summed E-state index contributed by atoms with van der Waals surface area (Å²) in [6.45, 7) is 0. The van der Waals surface area contributed by atoms with E-state index in [4.69, 9.17) is 10.5 Å². The highest BCUT2D eigenvalue weighted by Gasteiger charge is 2.15. The van der Waals surface area contributed by atoms with E-state index in [0.717, 1.165) is 0 Å². The highest BCUT2D eigenvalue weighted by atomic mass is 16.6. The molecule has 0 heterocycles. The lowest BCUT2D eigenvalue weighted by molar-refractivity contribution is -0.491. The van der Waals surface area contributed by atoms with Gasteiger partial charge in [-0.05, 0) is 0 Å². The second-order valence-corrected chi connectivity index (χ2v) is 0.946. The molecule has 40 valence electrons. The third kappa shape index (κ3) is 1.23. The van der Waals surface area contributed by atoms with Crippen molar-refractivity contribution in [2.24, 2.45) is 0 Å². The first-order valence-corrected chi connectivity index (χ1v) is 1.65. The second kappa shape index (κ2) is 2.54. The predicted octanol–water partition coefficient (Wildman–Crippen LogP) is -0.321. The van der Waals surface area contributed by atoms with Crippen LogP contribution in [0.3, 0.4) is 0 Å². The van der Waals surface area contributed by atoms with Gasteiger partial charge in [0.05, 0.1) is 4.92 Å². The van der Waals surface area contributed by atoms with Gasteiger partial charge in [-0.2, -0.15) is 10.5 Å². The van der Waals surface area contributed by atoms with E-state index in [1.54, 1.807) is 0 Å². The quantitative estimate of drug-likeness (QED) is 0.342. The maximum Gasteiger partial charge on any atom is 0.380 e. The number of nitriles is 2. The Morgan fingerprint density at radius 2 is 1.88 bits per heavy atom. The van der Waals surface area contributed by atoms with E-state index in [9.17, 15) is 10.1 Å². The van der Waals surface area contributed by atoms with Crippen molar-refractivity contribution < 1.29 is 4.92 Å². The zero-order valence-corrected chi connectivity index (χ0v) is 3.74. The van der Waals surface area contributed by atoms with E-state index in [-0.39, 0.29) is 0 Å². The van der Waals surface area contributed by atoms with Gasteiger partial charge in [0, 0.05) is 0 Å². The first-order valence-electron chi connectivity index (χ1n) is 1.65. The molecule has 0 aliphatic rings. The van der Waals surface area contributed by atoms with Crippen molar-refractivity contribution in [2.75, 3.05) is 0 Å². The van der Waals surface area contributed by atoms with Gasteiger partial charge in [-0.1, -0.05) is 0 Å².